The number of piperidine rings is 1. The second-order valence-electron chi connectivity index (χ2n) is 6.19. The van der Waals surface area contributed by atoms with Crippen LogP contribution >= 0.6 is 0 Å². The molecule has 2 N–H and O–H groups in total. The van der Waals surface area contributed by atoms with Gasteiger partial charge in [0.05, 0.1) is 5.25 Å². The number of likely N-dealkylation sites (tertiary alicyclic amines) is 1. The number of carbonyl (C=O) groups is 1. The van der Waals surface area contributed by atoms with E-state index in [9.17, 15) is 14.1 Å². The molecule has 1 aliphatic heterocycles. The summed E-state index contributed by atoms with van der Waals surface area (Å²) >= 11 is 0. The number of aliphatic hydroxyl groups is 1. The molecule has 5 nitrogen and oxygen atoms in total. The molecule has 2 aliphatic rings. The lowest BCUT2D eigenvalue weighted by Crippen LogP contribution is -2.53. The maximum atomic E-state index is 12.4. The van der Waals surface area contributed by atoms with E-state index in [1.807, 2.05) is 11.8 Å². The third-order valence-corrected chi connectivity index (χ3v) is 6.51. The third kappa shape index (κ3) is 4.42. The Hall–Kier alpha value is -0.620. The minimum absolute atomic E-state index is 0.0431. The van der Waals surface area contributed by atoms with Gasteiger partial charge in [0.2, 0.25) is 0 Å². The molecule has 0 aromatic rings. The summed E-state index contributed by atoms with van der Waals surface area (Å²) in [6.07, 6.45) is 6.03. The second kappa shape index (κ2) is 8.13. The van der Waals surface area contributed by atoms with Gasteiger partial charge in [-0.1, -0.05) is 19.8 Å². The largest absolute Gasteiger partial charge is 0.396 e. The van der Waals surface area contributed by atoms with E-state index < -0.39 is 10.8 Å². The summed E-state index contributed by atoms with van der Waals surface area (Å²) < 4.78 is 12.1. The summed E-state index contributed by atoms with van der Waals surface area (Å²) in [7, 11) is -0.847. The van der Waals surface area contributed by atoms with E-state index in [2.05, 4.69) is 5.32 Å². The summed E-state index contributed by atoms with van der Waals surface area (Å²) in [5, 5.41) is 12.5. The highest BCUT2D eigenvalue weighted by molar-refractivity contribution is 7.85. The van der Waals surface area contributed by atoms with Crippen LogP contribution in [0.2, 0.25) is 0 Å². The minimum Gasteiger partial charge on any atom is -0.396 e. The first kappa shape index (κ1) is 16.7. The number of amides is 2. The maximum absolute atomic E-state index is 12.4. The highest BCUT2D eigenvalue weighted by atomic mass is 32.2. The van der Waals surface area contributed by atoms with E-state index in [-0.39, 0.29) is 29.8 Å². The van der Waals surface area contributed by atoms with E-state index in [1.165, 1.54) is 0 Å². The van der Waals surface area contributed by atoms with Crippen molar-refractivity contribution in [3.05, 3.63) is 0 Å². The van der Waals surface area contributed by atoms with Gasteiger partial charge in [-0.2, -0.15) is 0 Å². The summed E-state index contributed by atoms with van der Waals surface area (Å²) in [5.74, 6) is 0.865. The molecule has 0 bridgehead atoms. The van der Waals surface area contributed by atoms with Crippen LogP contribution in [-0.4, -0.2) is 57.0 Å². The minimum atomic E-state index is -0.847. The van der Waals surface area contributed by atoms with Gasteiger partial charge in [0.1, 0.15) is 0 Å². The Labute approximate surface area is 129 Å². The molecule has 2 rings (SSSR count). The monoisotopic (exact) mass is 316 g/mol. The molecular formula is C15H28N2O3S. The Kier molecular flexibility index (Phi) is 6.48. The van der Waals surface area contributed by atoms with Crippen molar-refractivity contribution in [2.24, 2.45) is 5.92 Å². The predicted octanol–water partition coefficient (Wildman–Crippen LogP) is 1.48. The fourth-order valence-electron chi connectivity index (χ4n) is 3.44. The number of rotatable bonds is 4. The molecule has 2 amide bonds. The highest BCUT2D eigenvalue weighted by Crippen LogP contribution is 2.24. The van der Waals surface area contributed by atoms with E-state index in [0.29, 0.717) is 12.3 Å². The first-order chi connectivity index (χ1) is 10.2. The molecule has 1 saturated carbocycles. The number of carbonyl (C=O) groups excluding carboxylic acids is 1. The van der Waals surface area contributed by atoms with Gasteiger partial charge in [0, 0.05) is 42.3 Å². The van der Waals surface area contributed by atoms with Crippen molar-refractivity contribution < 1.29 is 14.1 Å². The SMILES string of the molecule is CC[S@](=O)[C@@H]1CCCC[C@H]1NC(=O)N1CCC[C@@H](CO)C1. The van der Waals surface area contributed by atoms with Crippen molar-refractivity contribution in [2.45, 2.75) is 56.7 Å². The molecule has 21 heavy (non-hydrogen) atoms. The van der Waals surface area contributed by atoms with Gasteiger partial charge in [-0.05, 0) is 31.6 Å². The van der Waals surface area contributed by atoms with Gasteiger partial charge in [-0.25, -0.2) is 4.79 Å². The summed E-state index contributed by atoms with van der Waals surface area (Å²) in [6.45, 7) is 3.49. The molecule has 0 radical (unpaired) electrons. The first-order valence-corrected chi connectivity index (χ1v) is 9.57. The van der Waals surface area contributed by atoms with E-state index in [4.69, 9.17) is 0 Å². The fourth-order valence-corrected chi connectivity index (χ4v) is 4.87. The lowest BCUT2D eigenvalue weighted by Gasteiger charge is -2.36. The smallest absolute Gasteiger partial charge is 0.317 e. The van der Waals surface area contributed by atoms with Gasteiger partial charge in [0.15, 0.2) is 0 Å². The number of nitrogens with one attached hydrogen (secondary N) is 1. The van der Waals surface area contributed by atoms with Crippen LogP contribution in [0.25, 0.3) is 0 Å². The Balaban J connectivity index is 1.92. The second-order valence-corrected chi connectivity index (χ2v) is 8.13. The quantitative estimate of drug-likeness (QED) is 0.825. The van der Waals surface area contributed by atoms with Crippen LogP contribution in [0.5, 0.6) is 0 Å². The lowest BCUT2D eigenvalue weighted by molar-refractivity contribution is 0.127. The van der Waals surface area contributed by atoms with Crippen molar-refractivity contribution in [1.82, 2.24) is 10.2 Å². The molecule has 122 valence electrons. The Bertz CT molecular complexity index is 378. The zero-order valence-electron chi connectivity index (χ0n) is 12.9. The Morgan fingerprint density at radius 1 is 1.29 bits per heavy atom. The van der Waals surface area contributed by atoms with E-state index in [0.717, 1.165) is 45.1 Å². The highest BCUT2D eigenvalue weighted by Gasteiger charge is 2.32. The van der Waals surface area contributed by atoms with Gasteiger partial charge >= 0.3 is 6.03 Å². The normalized spacial score (nSPS) is 31.7. The topological polar surface area (TPSA) is 69.6 Å². The molecule has 2 fully saturated rings. The summed E-state index contributed by atoms with van der Waals surface area (Å²) in [4.78, 5) is 14.2. The standard InChI is InChI=1S/C15H28N2O3S/c1-2-21(20)14-8-4-3-7-13(14)16-15(19)17-9-5-6-12(10-17)11-18/h12-14,18H,2-11H2,1H3,(H,16,19)/t12-,13-,14-,21+/m1/s1. The van der Waals surface area contributed by atoms with Crippen LogP contribution in [0.4, 0.5) is 4.79 Å². The molecular weight excluding hydrogens is 288 g/mol. The number of urea groups is 1. The van der Waals surface area contributed by atoms with Crippen LogP contribution in [0.3, 0.4) is 0 Å². The van der Waals surface area contributed by atoms with Gasteiger partial charge in [0.25, 0.3) is 0 Å². The Morgan fingerprint density at radius 3 is 2.76 bits per heavy atom. The Morgan fingerprint density at radius 2 is 2.05 bits per heavy atom. The number of nitrogens with zero attached hydrogens (tertiary/aromatic N) is 1. The molecule has 1 saturated heterocycles. The average Bonchev–Trinajstić information content (AvgIpc) is 2.54. The fraction of sp³-hybridized carbons (Fsp3) is 0.933. The van der Waals surface area contributed by atoms with Crippen LogP contribution in [0.15, 0.2) is 0 Å². The lowest BCUT2D eigenvalue weighted by atomic mass is 9.95. The summed E-state index contributed by atoms with van der Waals surface area (Å²) in [5.41, 5.74) is 0. The molecule has 1 aliphatic carbocycles. The third-order valence-electron chi connectivity index (χ3n) is 4.70. The zero-order chi connectivity index (χ0) is 15.2. The molecule has 4 atom stereocenters. The number of hydrogen-bond acceptors (Lipinski definition) is 3. The summed E-state index contributed by atoms with van der Waals surface area (Å²) in [6, 6.07) is -0.000288. The van der Waals surface area contributed by atoms with Crippen LogP contribution in [0.1, 0.15) is 45.4 Å². The van der Waals surface area contributed by atoms with Crippen molar-refractivity contribution in [2.75, 3.05) is 25.4 Å². The molecule has 0 unspecified atom stereocenters. The van der Waals surface area contributed by atoms with E-state index in [1.54, 1.807) is 0 Å². The predicted molar refractivity (Wildman–Crippen MR) is 84.6 cm³/mol. The van der Waals surface area contributed by atoms with Gasteiger partial charge in [-0.3, -0.25) is 4.21 Å². The zero-order valence-corrected chi connectivity index (χ0v) is 13.7. The molecule has 0 aromatic heterocycles. The average molecular weight is 316 g/mol. The molecule has 0 spiro atoms. The van der Waals surface area contributed by atoms with E-state index >= 15 is 0 Å². The van der Waals surface area contributed by atoms with Crippen molar-refractivity contribution >= 4 is 16.8 Å². The molecule has 6 heteroatoms. The maximum Gasteiger partial charge on any atom is 0.317 e. The van der Waals surface area contributed by atoms with Crippen LogP contribution in [-0.2, 0) is 10.8 Å². The van der Waals surface area contributed by atoms with Crippen LogP contribution < -0.4 is 5.32 Å². The van der Waals surface area contributed by atoms with Gasteiger partial charge in [-0.15, -0.1) is 0 Å². The number of hydrogen-bond donors (Lipinski definition) is 2. The van der Waals surface area contributed by atoms with Gasteiger partial charge < -0.3 is 15.3 Å². The number of aliphatic hydroxyl groups excluding tert-OH is 1. The van der Waals surface area contributed by atoms with Crippen molar-refractivity contribution in [3.63, 3.8) is 0 Å². The molecule has 1 heterocycles. The van der Waals surface area contributed by atoms with Crippen molar-refractivity contribution in [3.8, 4) is 0 Å². The van der Waals surface area contributed by atoms with Crippen LogP contribution in [0, 0.1) is 5.92 Å². The first-order valence-electron chi connectivity index (χ1n) is 8.19. The molecule has 0 aromatic carbocycles. The van der Waals surface area contributed by atoms with Crippen molar-refractivity contribution in [1.29, 1.82) is 0 Å².